The van der Waals surface area contributed by atoms with Gasteiger partial charge in [-0.05, 0) is 49.6 Å². The van der Waals surface area contributed by atoms with Crippen molar-refractivity contribution in [2.75, 3.05) is 0 Å². The number of aromatic nitrogens is 3. The Hall–Kier alpha value is -3.68. The SMILES string of the molecule is C=C/C=C(\C(F)=C(C)C)c1ccc2[nH]c(C(=O)O)cc2c1.CCC(C)c1noc(=O)[nH]1. The van der Waals surface area contributed by atoms with Crippen molar-refractivity contribution < 1.29 is 18.8 Å². The zero-order valence-corrected chi connectivity index (χ0v) is 18.0. The molecule has 8 heteroatoms. The van der Waals surface area contributed by atoms with Crippen LogP contribution in [0.15, 0.2) is 63.7 Å². The van der Waals surface area contributed by atoms with E-state index in [1.807, 2.05) is 13.8 Å². The van der Waals surface area contributed by atoms with Crippen LogP contribution in [0.25, 0.3) is 16.5 Å². The van der Waals surface area contributed by atoms with Gasteiger partial charge < -0.3 is 10.1 Å². The van der Waals surface area contributed by atoms with Gasteiger partial charge in [0.25, 0.3) is 0 Å². The van der Waals surface area contributed by atoms with Crippen molar-refractivity contribution in [1.82, 2.24) is 15.1 Å². The molecular formula is C23H26FN3O4. The summed E-state index contributed by atoms with van der Waals surface area (Å²) in [4.78, 5) is 26.7. The predicted octanol–water partition coefficient (Wildman–Crippen LogP) is 5.58. The van der Waals surface area contributed by atoms with Gasteiger partial charge in [-0.1, -0.05) is 43.8 Å². The standard InChI is InChI=1S/C17H16FNO2.C6H10N2O2/c1-4-5-13(16(18)10(2)3)11-6-7-14-12(8-11)9-15(19-14)17(20)21;1-3-4(2)5-7-6(9)10-8-5/h4-9,19H,1H2,2-3H3,(H,20,21);4H,3H2,1-2H3,(H,7,8,9)/b13-5-;. The van der Waals surface area contributed by atoms with Crippen LogP contribution in [0.5, 0.6) is 0 Å². The average molecular weight is 427 g/mol. The Labute approximate surface area is 179 Å². The third-order valence-electron chi connectivity index (χ3n) is 4.66. The van der Waals surface area contributed by atoms with Crippen LogP contribution in [0.1, 0.15) is 61.9 Å². The van der Waals surface area contributed by atoms with Gasteiger partial charge in [0.05, 0.1) is 0 Å². The van der Waals surface area contributed by atoms with Crippen molar-refractivity contribution in [3.05, 3.63) is 82.0 Å². The van der Waals surface area contributed by atoms with Gasteiger partial charge in [0.15, 0.2) is 5.82 Å². The van der Waals surface area contributed by atoms with E-state index in [4.69, 9.17) is 5.11 Å². The molecule has 2 aromatic heterocycles. The number of hydrogen-bond donors (Lipinski definition) is 3. The van der Waals surface area contributed by atoms with Gasteiger partial charge in [-0.25, -0.2) is 14.0 Å². The quantitative estimate of drug-likeness (QED) is 0.445. The molecule has 0 fully saturated rings. The maximum absolute atomic E-state index is 14.3. The van der Waals surface area contributed by atoms with Crippen molar-refractivity contribution in [2.24, 2.45) is 0 Å². The van der Waals surface area contributed by atoms with E-state index in [0.29, 0.717) is 28.1 Å². The van der Waals surface area contributed by atoms with E-state index in [2.05, 4.69) is 26.2 Å². The first-order valence-electron chi connectivity index (χ1n) is 9.76. The lowest BCUT2D eigenvalue weighted by Crippen LogP contribution is -1.99. The lowest BCUT2D eigenvalue weighted by Gasteiger charge is -2.07. The van der Waals surface area contributed by atoms with Gasteiger partial charge in [0.1, 0.15) is 11.5 Å². The number of aromatic carboxylic acids is 1. The molecule has 0 amide bonds. The zero-order chi connectivity index (χ0) is 23.1. The molecule has 0 aliphatic rings. The molecule has 0 aliphatic carbocycles. The molecule has 0 bridgehead atoms. The number of carboxylic acids is 1. The highest BCUT2D eigenvalue weighted by molar-refractivity contribution is 5.95. The molecule has 3 N–H and O–H groups in total. The summed E-state index contributed by atoms with van der Waals surface area (Å²) < 4.78 is 18.6. The fraction of sp³-hybridized carbons (Fsp3) is 0.261. The van der Waals surface area contributed by atoms with Gasteiger partial charge in [0, 0.05) is 22.4 Å². The van der Waals surface area contributed by atoms with Crippen LogP contribution in [0.2, 0.25) is 0 Å². The van der Waals surface area contributed by atoms with Crippen molar-refractivity contribution in [2.45, 2.75) is 40.0 Å². The monoisotopic (exact) mass is 427 g/mol. The number of nitrogens with zero attached hydrogens (tertiary/aromatic N) is 1. The molecule has 2 heterocycles. The topological polar surface area (TPSA) is 112 Å². The first kappa shape index (κ1) is 23.6. The number of H-pyrrole nitrogens is 2. The molecule has 1 atom stereocenters. The maximum atomic E-state index is 14.3. The fourth-order valence-corrected chi connectivity index (χ4v) is 2.75. The van der Waals surface area contributed by atoms with Crippen LogP contribution >= 0.6 is 0 Å². The number of carboxylic acid groups (broad SMARTS) is 1. The Bertz CT molecular complexity index is 1190. The lowest BCUT2D eigenvalue weighted by molar-refractivity contribution is 0.0691. The minimum atomic E-state index is -1.02. The van der Waals surface area contributed by atoms with E-state index in [0.717, 1.165) is 11.8 Å². The third-order valence-corrected chi connectivity index (χ3v) is 4.66. The highest BCUT2D eigenvalue weighted by Crippen LogP contribution is 2.29. The minimum Gasteiger partial charge on any atom is -0.477 e. The van der Waals surface area contributed by atoms with Gasteiger partial charge >= 0.3 is 11.7 Å². The molecule has 0 saturated heterocycles. The second-order valence-electron chi connectivity index (χ2n) is 7.21. The van der Waals surface area contributed by atoms with Crippen molar-refractivity contribution in [3.63, 3.8) is 0 Å². The zero-order valence-electron chi connectivity index (χ0n) is 18.0. The Morgan fingerprint density at radius 3 is 2.55 bits per heavy atom. The number of rotatable bonds is 6. The summed E-state index contributed by atoms with van der Waals surface area (Å²) in [7, 11) is 0. The molecule has 0 radical (unpaired) electrons. The number of aromatic amines is 2. The van der Waals surface area contributed by atoms with E-state index in [1.165, 1.54) is 12.1 Å². The minimum absolute atomic E-state index is 0.110. The largest absolute Gasteiger partial charge is 0.477 e. The van der Waals surface area contributed by atoms with Crippen molar-refractivity contribution in [1.29, 1.82) is 0 Å². The number of nitrogens with one attached hydrogen (secondary N) is 2. The summed E-state index contributed by atoms with van der Waals surface area (Å²) in [5.41, 5.74) is 2.50. The number of hydrogen-bond acceptors (Lipinski definition) is 4. The van der Waals surface area contributed by atoms with Crippen LogP contribution in [0.4, 0.5) is 4.39 Å². The summed E-state index contributed by atoms with van der Waals surface area (Å²) in [6.45, 7) is 11.0. The number of halogens is 1. The molecule has 0 saturated carbocycles. The second kappa shape index (κ2) is 10.4. The Morgan fingerprint density at radius 1 is 1.32 bits per heavy atom. The highest BCUT2D eigenvalue weighted by atomic mass is 19.1. The van der Waals surface area contributed by atoms with Crippen LogP contribution < -0.4 is 5.76 Å². The maximum Gasteiger partial charge on any atom is 0.438 e. The smallest absolute Gasteiger partial charge is 0.438 e. The normalized spacial score (nSPS) is 12.1. The predicted molar refractivity (Wildman–Crippen MR) is 119 cm³/mol. The summed E-state index contributed by atoms with van der Waals surface area (Å²) in [6, 6.07) is 6.79. The third kappa shape index (κ3) is 5.91. The molecule has 164 valence electrons. The number of benzene rings is 1. The summed E-state index contributed by atoms with van der Waals surface area (Å²) in [5, 5.41) is 13.3. The first-order chi connectivity index (χ1) is 14.7. The van der Waals surface area contributed by atoms with Gasteiger partial charge in [0.2, 0.25) is 0 Å². The van der Waals surface area contributed by atoms with Crippen molar-refractivity contribution >= 4 is 22.4 Å². The summed E-state index contributed by atoms with van der Waals surface area (Å²) in [5.74, 6) is -0.900. The molecule has 7 nitrogen and oxygen atoms in total. The molecule has 1 aromatic carbocycles. The Morgan fingerprint density at radius 2 is 2.03 bits per heavy atom. The molecule has 1 unspecified atom stereocenters. The van der Waals surface area contributed by atoms with E-state index >= 15 is 0 Å². The molecule has 3 aromatic rings. The van der Waals surface area contributed by atoms with Crippen LogP contribution in [-0.4, -0.2) is 26.2 Å². The summed E-state index contributed by atoms with van der Waals surface area (Å²) in [6.07, 6.45) is 4.08. The van der Waals surface area contributed by atoms with E-state index in [-0.39, 0.29) is 17.4 Å². The molecular weight excluding hydrogens is 401 g/mol. The average Bonchev–Trinajstić information content (AvgIpc) is 3.37. The second-order valence-corrected chi connectivity index (χ2v) is 7.21. The Kier molecular flexibility index (Phi) is 7.90. The lowest BCUT2D eigenvalue weighted by atomic mass is 10.0. The number of allylic oxidation sites excluding steroid dienone is 5. The van der Waals surface area contributed by atoms with Gasteiger partial charge in [-0.15, -0.1) is 0 Å². The number of carbonyl (C=O) groups is 1. The van der Waals surface area contributed by atoms with Gasteiger partial charge in [-0.2, -0.15) is 0 Å². The van der Waals surface area contributed by atoms with E-state index in [1.54, 1.807) is 38.1 Å². The van der Waals surface area contributed by atoms with Gasteiger partial charge in [-0.3, -0.25) is 9.51 Å². The molecule has 0 aliphatic heterocycles. The number of fused-ring (bicyclic) bond motifs is 1. The van der Waals surface area contributed by atoms with Crippen LogP contribution in [0, 0.1) is 0 Å². The highest BCUT2D eigenvalue weighted by Gasteiger charge is 2.12. The first-order valence-corrected chi connectivity index (χ1v) is 9.76. The molecule has 31 heavy (non-hydrogen) atoms. The van der Waals surface area contributed by atoms with Crippen LogP contribution in [-0.2, 0) is 0 Å². The van der Waals surface area contributed by atoms with Crippen molar-refractivity contribution in [3.8, 4) is 0 Å². The fourth-order valence-electron chi connectivity index (χ4n) is 2.75. The van der Waals surface area contributed by atoms with E-state index in [9.17, 15) is 14.0 Å². The Balaban J connectivity index is 0.000000285. The van der Waals surface area contributed by atoms with Crippen LogP contribution in [0.3, 0.4) is 0 Å². The van der Waals surface area contributed by atoms with E-state index < -0.39 is 11.7 Å². The summed E-state index contributed by atoms with van der Waals surface area (Å²) >= 11 is 0. The molecule has 0 spiro atoms. The molecule has 3 rings (SSSR count).